The van der Waals surface area contributed by atoms with E-state index in [0.717, 1.165) is 34.5 Å². The van der Waals surface area contributed by atoms with Crippen LogP contribution in [0.25, 0.3) is 0 Å². The lowest BCUT2D eigenvalue weighted by molar-refractivity contribution is 0.229. The van der Waals surface area contributed by atoms with Gasteiger partial charge < -0.3 is 5.32 Å². The van der Waals surface area contributed by atoms with Crippen molar-refractivity contribution in [2.45, 2.75) is 38.6 Å². The van der Waals surface area contributed by atoms with Crippen LogP contribution in [0, 0.1) is 5.92 Å². The van der Waals surface area contributed by atoms with E-state index in [-0.39, 0.29) is 0 Å². The molecule has 17 heavy (non-hydrogen) atoms. The molecule has 0 saturated heterocycles. The van der Waals surface area contributed by atoms with Gasteiger partial charge in [-0.2, -0.15) is 0 Å². The first-order chi connectivity index (χ1) is 8.20. The molecule has 1 atom stereocenters. The molecule has 1 N–H and O–H groups in total. The van der Waals surface area contributed by atoms with E-state index in [2.05, 4.69) is 12.2 Å². The van der Waals surface area contributed by atoms with Gasteiger partial charge in [0.25, 0.3) is 0 Å². The minimum Gasteiger partial charge on any atom is -0.314 e. The first-order valence-corrected chi connectivity index (χ1v) is 7.13. The third kappa shape index (κ3) is 3.37. The number of rotatable bonds is 5. The molecule has 0 radical (unpaired) electrons. The lowest BCUT2D eigenvalue weighted by Crippen LogP contribution is -2.41. The average Bonchev–Trinajstić information content (AvgIpc) is 2.21. The van der Waals surface area contributed by atoms with Crippen LogP contribution in [0.15, 0.2) is 18.2 Å². The van der Waals surface area contributed by atoms with Crippen LogP contribution in [0.2, 0.25) is 10.0 Å². The summed E-state index contributed by atoms with van der Waals surface area (Å²) < 4.78 is 0. The van der Waals surface area contributed by atoms with Crippen LogP contribution >= 0.6 is 23.2 Å². The maximum atomic E-state index is 6.22. The molecular formula is C14H19Cl2N. The molecule has 1 aliphatic carbocycles. The lowest BCUT2D eigenvalue weighted by atomic mass is 9.77. The van der Waals surface area contributed by atoms with Gasteiger partial charge in [-0.1, -0.05) is 36.5 Å². The first-order valence-electron chi connectivity index (χ1n) is 6.38. The van der Waals surface area contributed by atoms with Gasteiger partial charge in [0.1, 0.15) is 0 Å². The summed E-state index contributed by atoms with van der Waals surface area (Å²) in [4.78, 5) is 0. The summed E-state index contributed by atoms with van der Waals surface area (Å²) in [5.74, 6) is 0.810. The molecule has 1 aromatic carbocycles. The van der Waals surface area contributed by atoms with E-state index in [1.165, 1.54) is 19.3 Å². The fraction of sp³-hybridized carbons (Fsp3) is 0.571. The Morgan fingerprint density at radius 2 is 2.12 bits per heavy atom. The van der Waals surface area contributed by atoms with Crippen LogP contribution in [0.5, 0.6) is 0 Å². The molecule has 0 bridgehead atoms. The maximum absolute atomic E-state index is 6.22. The number of likely N-dealkylation sites (N-methyl/N-ethyl adjacent to an activating group) is 1. The highest BCUT2D eigenvalue weighted by Gasteiger charge is 2.27. The van der Waals surface area contributed by atoms with Crippen LogP contribution in [-0.4, -0.2) is 12.6 Å². The smallest absolute Gasteiger partial charge is 0.0439 e. The van der Waals surface area contributed by atoms with Gasteiger partial charge in [0, 0.05) is 16.1 Å². The van der Waals surface area contributed by atoms with Crippen LogP contribution in [0.3, 0.4) is 0 Å². The van der Waals surface area contributed by atoms with Crippen LogP contribution in [0.1, 0.15) is 31.7 Å². The predicted octanol–water partition coefficient (Wildman–Crippen LogP) is 4.31. The third-order valence-electron chi connectivity index (χ3n) is 3.63. The Bertz CT molecular complexity index is 374. The quantitative estimate of drug-likeness (QED) is 0.842. The standard InChI is InChI=1S/C14H19Cl2N/c1-2-17-14(10-4-3-5-10)9-11-8-12(15)6-7-13(11)16/h6-8,10,14,17H,2-5,9H2,1H3. The lowest BCUT2D eigenvalue weighted by Gasteiger charge is -2.34. The summed E-state index contributed by atoms with van der Waals surface area (Å²) in [6, 6.07) is 6.28. The minimum atomic E-state index is 0.546. The molecule has 1 fully saturated rings. The summed E-state index contributed by atoms with van der Waals surface area (Å²) in [7, 11) is 0. The van der Waals surface area contributed by atoms with Gasteiger partial charge in [0.2, 0.25) is 0 Å². The highest BCUT2D eigenvalue weighted by molar-refractivity contribution is 6.33. The maximum Gasteiger partial charge on any atom is 0.0439 e. The van der Waals surface area contributed by atoms with Gasteiger partial charge in [0.05, 0.1) is 0 Å². The van der Waals surface area contributed by atoms with Gasteiger partial charge in [-0.05, 0) is 55.5 Å². The Balaban J connectivity index is 2.07. The highest BCUT2D eigenvalue weighted by Crippen LogP contribution is 2.32. The Labute approximate surface area is 114 Å². The fourth-order valence-electron chi connectivity index (χ4n) is 2.45. The van der Waals surface area contributed by atoms with Crippen molar-refractivity contribution in [1.82, 2.24) is 5.32 Å². The van der Waals surface area contributed by atoms with Crippen LogP contribution < -0.4 is 5.32 Å². The summed E-state index contributed by atoms with van der Waals surface area (Å²) in [5.41, 5.74) is 1.16. The van der Waals surface area contributed by atoms with Crippen LogP contribution in [-0.2, 0) is 6.42 Å². The molecule has 0 aromatic heterocycles. The molecule has 2 rings (SSSR count). The van der Waals surface area contributed by atoms with E-state index in [9.17, 15) is 0 Å². The zero-order valence-electron chi connectivity index (χ0n) is 10.2. The summed E-state index contributed by atoms with van der Waals surface area (Å²) in [6.07, 6.45) is 5.04. The van der Waals surface area contributed by atoms with Gasteiger partial charge in [-0.15, -0.1) is 0 Å². The second kappa shape index (κ2) is 6.08. The molecule has 0 heterocycles. The van der Waals surface area contributed by atoms with E-state index < -0.39 is 0 Å². The largest absolute Gasteiger partial charge is 0.314 e. The van der Waals surface area contributed by atoms with Crippen molar-refractivity contribution < 1.29 is 0 Å². The van der Waals surface area contributed by atoms with Crippen molar-refractivity contribution in [3.63, 3.8) is 0 Å². The predicted molar refractivity (Wildman–Crippen MR) is 75.0 cm³/mol. The van der Waals surface area contributed by atoms with Crippen molar-refractivity contribution in [1.29, 1.82) is 0 Å². The molecule has 0 amide bonds. The second-order valence-electron chi connectivity index (χ2n) is 4.80. The van der Waals surface area contributed by atoms with Gasteiger partial charge in [-0.25, -0.2) is 0 Å². The molecule has 1 aliphatic rings. The normalized spacial score (nSPS) is 17.8. The van der Waals surface area contributed by atoms with Crippen molar-refractivity contribution >= 4 is 23.2 Å². The fourth-order valence-corrected chi connectivity index (χ4v) is 2.84. The Kier molecular flexibility index (Phi) is 4.72. The Morgan fingerprint density at radius 1 is 1.35 bits per heavy atom. The first kappa shape index (κ1) is 13.2. The molecule has 0 aliphatic heterocycles. The Morgan fingerprint density at radius 3 is 2.71 bits per heavy atom. The number of benzene rings is 1. The Hall–Kier alpha value is -0.240. The topological polar surface area (TPSA) is 12.0 Å². The number of halogens is 2. The van der Waals surface area contributed by atoms with Crippen molar-refractivity contribution in [3.8, 4) is 0 Å². The molecule has 1 nitrogen and oxygen atoms in total. The van der Waals surface area contributed by atoms with Gasteiger partial charge in [-0.3, -0.25) is 0 Å². The monoisotopic (exact) mass is 271 g/mol. The molecule has 1 unspecified atom stereocenters. The molecular weight excluding hydrogens is 253 g/mol. The van der Waals surface area contributed by atoms with Gasteiger partial charge in [0.15, 0.2) is 0 Å². The molecule has 3 heteroatoms. The zero-order chi connectivity index (χ0) is 12.3. The van der Waals surface area contributed by atoms with E-state index in [4.69, 9.17) is 23.2 Å². The molecule has 1 aromatic rings. The number of nitrogens with one attached hydrogen (secondary N) is 1. The summed E-state index contributed by atoms with van der Waals surface area (Å²) >= 11 is 12.2. The zero-order valence-corrected chi connectivity index (χ0v) is 11.7. The van der Waals surface area contributed by atoms with Gasteiger partial charge >= 0.3 is 0 Å². The molecule has 94 valence electrons. The average molecular weight is 272 g/mol. The van der Waals surface area contributed by atoms with E-state index in [1.54, 1.807) is 0 Å². The molecule has 1 saturated carbocycles. The second-order valence-corrected chi connectivity index (χ2v) is 5.64. The summed E-state index contributed by atoms with van der Waals surface area (Å²) in [5, 5.41) is 5.18. The van der Waals surface area contributed by atoms with Crippen molar-refractivity contribution in [2.75, 3.05) is 6.54 Å². The number of hydrogen-bond donors (Lipinski definition) is 1. The summed E-state index contributed by atoms with van der Waals surface area (Å²) in [6.45, 7) is 3.17. The highest BCUT2D eigenvalue weighted by atomic mass is 35.5. The SMILES string of the molecule is CCNC(Cc1cc(Cl)ccc1Cl)C1CCC1. The van der Waals surface area contributed by atoms with E-state index in [0.29, 0.717) is 6.04 Å². The third-order valence-corrected chi connectivity index (χ3v) is 4.24. The minimum absolute atomic E-state index is 0.546. The van der Waals surface area contributed by atoms with E-state index >= 15 is 0 Å². The molecule has 0 spiro atoms. The van der Waals surface area contributed by atoms with E-state index in [1.807, 2.05) is 18.2 Å². The van der Waals surface area contributed by atoms with Crippen LogP contribution in [0.4, 0.5) is 0 Å². The van der Waals surface area contributed by atoms with Crippen molar-refractivity contribution in [2.24, 2.45) is 5.92 Å². The number of hydrogen-bond acceptors (Lipinski definition) is 1. The van der Waals surface area contributed by atoms with Crippen molar-refractivity contribution in [3.05, 3.63) is 33.8 Å².